The zero-order valence-corrected chi connectivity index (χ0v) is 15.2. The molecule has 0 bridgehead atoms. The van der Waals surface area contributed by atoms with E-state index in [2.05, 4.69) is 13.0 Å². The molecule has 0 saturated carbocycles. The number of aliphatic carboxylic acids is 1. The average Bonchev–Trinajstić information content (AvgIpc) is 3.19. The number of hydrogen-bond donors (Lipinski definition) is 2. The molecule has 2 fully saturated rings. The molecule has 0 aromatic carbocycles. The van der Waals surface area contributed by atoms with Crippen molar-refractivity contribution in [1.82, 2.24) is 4.90 Å². The van der Waals surface area contributed by atoms with Crippen LogP contribution in [0.1, 0.15) is 45.4 Å². The first-order valence-electron chi connectivity index (χ1n) is 9.65. The lowest BCUT2D eigenvalue weighted by atomic mass is 9.63. The number of aliphatic hydroxyl groups is 1. The molecule has 4 rings (SSSR count). The number of carbonyl (C=O) groups excluding carboxylic acids is 1. The molecule has 2 saturated heterocycles. The van der Waals surface area contributed by atoms with Crippen LogP contribution in [0.15, 0.2) is 22.8 Å². The van der Waals surface area contributed by atoms with E-state index in [0.29, 0.717) is 19.5 Å². The van der Waals surface area contributed by atoms with Gasteiger partial charge in [-0.05, 0) is 67.2 Å². The summed E-state index contributed by atoms with van der Waals surface area (Å²) < 4.78 is 5.80. The van der Waals surface area contributed by atoms with Crippen LogP contribution in [0.5, 0.6) is 0 Å². The van der Waals surface area contributed by atoms with E-state index in [0.717, 1.165) is 48.8 Å². The van der Waals surface area contributed by atoms with E-state index < -0.39 is 12.0 Å². The summed E-state index contributed by atoms with van der Waals surface area (Å²) in [5, 5.41) is 19.2. The Balaban J connectivity index is 1.63. The Hall–Kier alpha value is -1.66. The van der Waals surface area contributed by atoms with Gasteiger partial charge >= 0.3 is 11.9 Å². The molecule has 6 nitrogen and oxygen atoms in total. The van der Waals surface area contributed by atoms with Crippen molar-refractivity contribution < 1.29 is 24.5 Å². The van der Waals surface area contributed by atoms with Gasteiger partial charge in [0, 0.05) is 6.54 Å². The number of hydrogen-bond acceptors (Lipinski definition) is 5. The quantitative estimate of drug-likeness (QED) is 0.587. The maximum absolute atomic E-state index is 12.7. The lowest BCUT2D eigenvalue weighted by molar-refractivity contribution is -0.146. The molecule has 142 valence electrons. The highest BCUT2D eigenvalue weighted by molar-refractivity contribution is 5.82. The van der Waals surface area contributed by atoms with Crippen LogP contribution >= 0.6 is 0 Å². The number of carboxylic acid groups (broad SMARTS) is 1. The predicted molar refractivity (Wildman–Crippen MR) is 94.4 cm³/mol. The maximum atomic E-state index is 12.7. The van der Waals surface area contributed by atoms with Crippen LogP contribution < -0.4 is 0 Å². The molecule has 0 spiro atoms. The summed E-state index contributed by atoms with van der Waals surface area (Å²) in [5.41, 5.74) is 3.06. The Morgan fingerprint density at radius 1 is 1.42 bits per heavy atom. The van der Waals surface area contributed by atoms with Crippen molar-refractivity contribution in [2.45, 2.75) is 57.6 Å². The number of esters is 1. The van der Waals surface area contributed by atoms with Crippen LogP contribution in [0.25, 0.3) is 0 Å². The summed E-state index contributed by atoms with van der Waals surface area (Å²) in [6.07, 6.45) is 7.08. The van der Waals surface area contributed by atoms with Crippen LogP contribution in [0.2, 0.25) is 0 Å². The van der Waals surface area contributed by atoms with Gasteiger partial charge in [-0.1, -0.05) is 13.0 Å². The van der Waals surface area contributed by atoms with Crippen LogP contribution in [0.3, 0.4) is 0 Å². The van der Waals surface area contributed by atoms with Crippen LogP contribution in [-0.2, 0) is 14.3 Å². The summed E-state index contributed by atoms with van der Waals surface area (Å²) in [4.78, 5) is 26.0. The van der Waals surface area contributed by atoms with Gasteiger partial charge in [0.2, 0.25) is 0 Å². The SMILES string of the molecule is C[C@@]12CC=C3C(CN4CCCC4C(=O)O)C(=O)O[C@@H]3C1=C(CO)CCC2. The van der Waals surface area contributed by atoms with Gasteiger partial charge < -0.3 is 14.9 Å². The van der Waals surface area contributed by atoms with Gasteiger partial charge in [0.05, 0.1) is 12.5 Å². The molecule has 6 heteroatoms. The smallest absolute Gasteiger partial charge is 0.320 e. The number of likely N-dealkylation sites (tertiary alicyclic amines) is 1. The van der Waals surface area contributed by atoms with E-state index in [1.54, 1.807) is 0 Å². The van der Waals surface area contributed by atoms with Gasteiger partial charge in [-0.15, -0.1) is 0 Å². The number of carboxylic acids is 1. The van der Waals surface area contributed by atoms with Crippen molar-refractivity contribution in [2.75, 3.05) is 19.7 Å². The summed E-state index contributed by atoms with van der Waals surface area (Å²) >= 11 is 0. The first-order valence-corrected chi connectivity index (χ1v) is 9.65. The number of allylic oxidation sites excluding steroid dienone is 1. The Labute approximate surface area is 153 Å². The van der Waals surface area contributed by atoms with E-state index in [1.165, 1.54) is 0 Å². The standard InChI is InChI=1S/C20H27NO5/c1-20-7-2-4-12(11-22)16(20)17-13(6-8-20)14(19(25)26-17)10-21-9-3-5-15(21)18(23)24/h6,14-15,17,22H,2-5,7-11H2,1H3,(H,23,24)/t14?,15?,17-,20+/m0/s1. The minimum Gasteiger partial charge on any atom is -0.480 e. The molecule has 26 heavy (non-hydrogen) atoms. The average molecular weight is 361 g/mol. The second-order valence-electron chi connectivity index (χ2n) is 8.36. The monoisotopic (exact) mass is 361 g/mol. The zero-order chi connectivity index (χ0) is 18.5. The molecule has 4 aliphatic rings. The molecule has 0 aromatic rings. The molecular formula is C20H27NO5. The highest BCUT2D eigenvalue weighted by Gasteiger charge is 2.51. The van der Waals surface area contributed by atoms with E-state index in [4.69, 9.17) is 4.74 Å². The first kappa shape index (κ1) is 17.7. The Kier molecular flexibility index (Phi) is 4.43. The number of rotatable bonds is 4. The lowest BCUT2D eigenvalue weighted by Gasteiger charge is -2.43. The third-order valence-electron chi connectivity index (χ3n) is 6.77. The number of nitrogens with zero attached hydrogens (tertiary/aromatic N) is 1. The third kappa shape index (κ3) is 2.70. The zero-order valence-electron chi connectivity index (χ0n) is 15.2. The van der Waals surface area contributed by atoms with Crippen molar-refractivity contribution in [2.24, 2.45) is 11.3 Å². The van der Waals surface area contributed by atoms with Gasteiger partial charge in [-0.25, -0.2) is 0 Å². The molecule has 2 aliphatic carbocycles. The van der Waals surface area contributed by atoms with Gasteiger partial charge in [-0.3, -0.25) is 14.5 Å². The van der Waals surface area contributed by atoms with Crippen molar-refractivity contribution in [3.05, 3.63) is 22.8 Å². The summed E-state index contributed by atoms with van der Waals surface area (Å²) in [6, 6.07) is -0.502. The Morgan fingerprint density at radius 3 is 2.96 bits per heavy atom. The summed E-state index contributed by atoms with van der Waals surface area (Å²) in [6.45, 7) is 3.34. The van der Waals surface area contributed by atoms with Gasteiger partial charge in [-0.2, -0.15) is 0 Å². The molecule has 0 aromatic heterocycles. The van der Waals surface area contributed by atoms with E-state index in [-0.39, 0.29) is 30.0 Å². The Morgan fingerprint density at radius 2 is 2.23 bits per heavy atom. The number of fused-ring (bicyclic) bond motifs is 3. The van der Waals surface area contributed by atoms with Crippen LogP contribution in [0, 0.1) is 11.3 Å². The first-order chi connectivity index (χ1) is 12.4. The highest BCUT2D eigenvalue weighted by Crippen LogP contribution is 2.53. The minimum atomic E-state index is -0.812. The topological polar surface area (TPSA) is 87.1 Å². The highest BCUT2D eigenvalue weighted by atomic mass is 16.6. The molecule has 2 N–H and O–H groups in total. The normalized spacial score (nSPS) is 37.2. The minimum absolute atomic E-state index is 0.0180. The predicted octanol–water partition coefficient (Wildman–Crippen LogP) is 1.89. The molecular weight excluding hydrogens is 334 g/mol. The second kappa shape index (κ2) is 6.50. The van der Waals surface area contributed by atoms with Gasteiger partial charge in [0.1, 0.15) is 12.1 Å². The van der Waals surface area contributed by atoms with Gasteiger partial charge in [0.25, 0.3) is 0 Å². The van der Waals surface area contributed by atoms with Crippen LogP contribution in [0.4, 0.5) is 0 Å². The molecule has 4 atom stereocenters. The molecule has 0 amide bonds. The van der Waals surface area contributed by atoms with E-state index >= 15 is 0 Å². The Bertz CT molecular complexity index is 696. The fourth-order valence-corrected chi connectivity index (χ4v) is 5.41. The van der Waals surface area contributed by atoms with Crippen molar-refractivity contribution in [3.8, 4) is 0 Å². The molecule has 2 aliphatic heterocycles. The van der Waals surface area contributed by atoms with Crippen LogP contribution in [-0.4, -0.2) is 58.9 Å². The van der Waals surface area contributed by atoms with Crippen molar-refractivity contribution in [3.63, 3.8) is 0 Å². The van der Waals surface area contributed by atoms with E-state index in [1.807, 2.05) is 4.90 Å². The molecule has 2 heterocycles. The number of aliphatic hydroxyl groups excluding tert-OH is 1. The van der Waals surface area contributed by atoms with Crippen molar-refractivity contribution >= 4 is 11.9 Å². The van der Waals surface area contributed by atoms with Crippen molar-refractivity contribution in [1.29, 1.82) is 0 Å². The second-order valence-corrected chi connectivity index (χ2v) is 8.36. The number of carbonyl (C=O) groups is 2. The van der Waals surface area contributed by atoms with E-state index in [9.17, 15) is 19.8 Å². The largest absolute Gasteiger partial charge is 0.480 e. The molecule has 0 radical (unpaired) electrons. The lowest BCUT2D eigenvalue weighted by Crippen LogP contribution is -2.41. The summed E-state index contributed by atoms with van der Waals surface area (Å²) in [5.74, 6) is -1.45. The summed E-state index contributed by atoms with van der Waals surface area (Å²) in [7, 11) is 0. The maximum Gasteiger partial charge on any atom is 0.320 e. The number of ether oxygens (including phenoxy) is 1. The molecule has 2 unspecified atom stereocenters. The van der Waals surface area contributed by atoms with Gasteiger partial charge in [0.15, 0.2) is 0 Å². The third-order valence-corrected chi connectivity index (χ3v) is 6.77. The fourth-order valence-electron chi connectivity index (χ4n) is 5.41. The fraction of sp³-hybridized carbons (Fsp3) is 0.700.